The van der Waals surface area contributed by atoms with Crippen LogP contribution >= 0.6 is 0 Å². The summed E-state index contributed by atoms with van der Waals surface area (Å²) >= 11 is 0. The first-order chi connectivity index (χ1) is 14.3. The topological polar surface area (TPSA) is 75.3 Å². The first-order valence-electron chi connectivity index (χ1n) is 9.52. The highest BCUT2D eigenvalue weighted by Crippen LogP contribution is 2.18. The van der Waals surface area contributed by atoms with Gasteiger partial charge in [-0.3, -0.25) is 4.79 Å². The van der Waals surface area contributed by atoms with E-state index in [0.717, 1.165) is 11.1 Å². The Kier molecular flexibility index (Phi) is 6.97. The highest BCUT2D eigenvalue weighted by molar-refractivity contribution is 7.89. The van der Waals surface area contributed by atoms with Crippen LogP contribution in [-0.2, 0) is 23.0 Å². The molecule has 0 aromatic heterocycles. The number of carbonyl (C=O) groups excluding carboxylic acids is 1. The molecule has 156 valence electrons. The number of carbonyl (C=O) groups is 1. The number of hydrogen-bond donors (Lipinski definition) is 2. The number of aryl methyl sites for hydroxylation is 1. The Morgan fingerprint density at radius 1 is 0.933 bits per heavy atom. The van der Waals surface area contributed by atoms with Crippen molar-refractivity contribution >= 4 is 15.9 Å². The van der Waals surface area contributed by atoms with Crippen molar-refractivity contribution in [3.63, 3.8) is 0 Å². The van der Waals surface area contributed by atoms with E-state index in [9.17, 15) is 17.6 Å². The zero-order chi connectivity index (χ0) is 21.6. The van der Waals surface area contributed by atoms with Gasteiger partial charge in [-0.1, -0.05) is 48.5 Å². The maximum atomic E-state index is 13.0. The van der Waals surface area contributed by atoms with Gasteiger partial charge in [0.2, 0.25) is 10.0 Å². The third kappa shape index (κ3) is 5.75. The lowest BCUT2D eigenvalue weighted by atomic mass is 10.1. The molecule has 0 fully saturated rings. The summed E-state index contributed by atoms with van der Waals surface area (Å²) in [4.78, 5) is 12.5. The lowest BCUT2D eigenvalue weighted by molar-refractivity contribution is 0.0954. The lowest BCUT2D eigenvalue weighted by Gasteiger charge is -2.12. The first kappa shape index (κ1) is 21.7. The predicted molar refractivity (Wildman–Crippen MR) is 114 cm³/mol. The SMILES string of the molecule is Cc1ccc(C(=O)NCCc2ccc(F)cc2)cc1S(=O)(=O)NCc1ccccc1. The number of halogens is 1. The summed E-state index contributed by atoms with van der Waals surface area (Å²) in [7, 11) is -3.78. The summed E-state index contributed by atoms with van der Waals surface area (Å²) in [5, 5.41) is 2.77. The number of nitrogens with one attached hydrogen (secondary N) is 2. The molecule has 30 heavy (non-hydrogen) atoms. The van der Waals surface area contributed by atoms with Gasteiger partial charge in [-0.2, -0.15) is 0 Å². The normalized spacial score (nSPS) is 11.3. The summed E-state index contributed by atoms with van der Waals surface area (Å²) in [6.45, 7) is 2.21. The minimum atomic E-state index is -3.78. The van der Waals surface area contributed by atoms with Crippen LogP contribution < -0.4 is 10.0 Å². The molecule has 0 bridgehead atoms. The van der Waals surface area contributed by atoms with E-state index in [4.69, 9.17) is 0 Å². The van der Waals surface area contributed by atoms with Crippen LogP contribution in [0, 0.1) is 12.7 Å². The molecule has 0 heterocycles. The molecule has 0 saturated heterocycles. The third-order valence-corrected chi connectivity index (χ3v) is 6.20. The number of benzene rings is 3. The molecule has 3 aromatic carbocycles. The van der Waals surface area contributed by atoms with Crippen LogP contribution in [-0.4, -0.2) is 20.9 Å². The van der Waals surface area contributed by atoms with Crippen LogP contribution in [0.4, 0.5) is 4.39 Å². The second kappa shape index (κ2) is 9.65. The van der Waals surface area contributed by atoms with E-state index < -0.39 is 10.0 Å². The van der Waals surface area contributed by atoms with Crippen LogP contribution in [0.25, 0.3) is 0 Å². The second-order valence-corrected chi connectivity index (χ2v) is 8.66. The van der Waals surface area contributed by atoms with Gasteiger partial charge in [-0.15, -0.1) is 0 Å². The van der Waals surface area contributed by atoms with E-state index in [-0.39, 0.29) is 28.7 Å². The van der Waals surface area contributed by atoms with Crippen molar-refractivity contribution in [2.45, 2.75) is 24.8 Å². The van der Waals surface area contributed by atoms with Gasteiger partial charge in [0.05, 0.1) is 4.90 Å². The van der Waals surface area contributed by atoms with Crippen molar-refractivity contribution in [1.82, 2.24) is 10.0 Å². The largest absolute Gasteiger partial charge is 0.352 e. The fourth-order valence-electron chi connectivity index (χ4n) is 2.96. The van der Waals surface area contributed by atoms with Crippen molar-refractivity contribution in [2.75, 3.05) is 6.54 Å². The van der Waals surface area contributed by atoms with E-state index in [1.807, 2.05) is 30.3 Å². The standard InChI is InChI=1S/C23H23FN2O3S/c1-17-7-10-20(23(27)25-14-13-18-8-11-21(24)12-9-18)15-22(17)30(28,29)26-16-19-5-3-2-4-6-19/h2-12,15,26H,13-14,16H2,1H3,(H,25,27). The van der Waals surface area contributed by atoms with Gasteiger partial charge in [-0.05, 0) is 54.3 Å². The molecule has 1 amide bonds. The maximum absolute atomic E-state index is 13.0. The zero-order valence-electron chi connectivity index (χ0n) is 16.6. The first-order valence-corrected chi connectivity index (χ1v) is 11.0. The number of rotatable bonds is 8. The molecule has 7 heteroatoms. The Balaban J connectivity index is 1.65. The second-order valence-electron chi connectivity index (χ2n) is 6.92. The third-order valence-electron chi connectivity index (χ3n) is 4.66. The molecular weight excluding hydrogens is 403 g/mol. The van der Waals surface area contributed by atoms with E-state index in [1.54, 1.807) is 31.2 Å². The summed E-state index contributed by atoms with van der Waals surface area (Å²) in [6, 6.07) is 19.9. The molecule has 0 aliphatic carbocycles. The van der Waals surface area contributed by atoms with Gasteiger partial charge in [0, 0.05) is 18.7 Å². The zero-order valence-corrected chi connectivity index (χ0v) is 17.4. The molecule has 0 aliphatic rings. The highest BCUT2D eigenvalue weighted by atomic mass is 32.2. The molecule has 0 atom stereocenters. The van der Waals surface area contributed by atoms with Gasteiger partial charge in [0.25, 0.3) is 5.91 Å². The summed E-state index contributed by atoms with van der Waals surface area (Å²) in [5.74, 6) is -0.673. The van der Waals surface area contributed by atoms with Crippen molar-refractivity contribution < 1.29 is 17.6 Å². The van der Waals surface area contributed by atoms with Gasteiger partial charge >= 0.3 is 0 Å². The molecule has 3 aromatic rings. The van der Waals surface area contributed by atoms with Gasteiger partial charge in [0.15, 0.2) is 0 Å². The van der Waals surface area contributed by atoms with Crippen LogP contribution in [0.3, 0.4) is 0 Å². The molecule has 0 spiro atoms. The lowest BCUT2D eigenvalue weighted by Crippen LogP contribution is -2.27. The van der Waals surface area contributed by atoms with Crippen molar-refractivity contribution in [3.8, 4) is 0 Å². The average molecular weight is 427 g/mol. The summed E-state index contributed by atoms with van der Waals surface area (Å²) < 4.78 is 41.0. The quantitative estimate of drug-likeness (QED) is 0.578. The Hall–Kier alpha value is -3.03. The van der Waals surface area contributed by atoms with Gasteiger partial charge in [-0.25, -0.2) is 17.5 Å². The van der Waals surface area contributed by atoms with Gasteiger partial charge < -0.3 is 5.32 Å². The Bertz CT molecular complexity index is 1110. The van der Waals surface area contributed by atoms with E-state index in [0.29, 0.717) is 18.5 Å². The maximum Gasteiger partial charge on any atom is 0.251 e. The predicted octanol–water partition coefficient (Wildman–Crippen LogP) is 3.59. The smallest absolute Gasteiger partial charge is 0.251 e. The summed E-state index contributed by atoms with van der Waals surface area (Å²) in [6.07, 6.45) is 0.543. The van der Waals surface area contributed by atoms with Crippen molar-refractivity contribution in [2.24, 2.45) is 0 Å². The molecule has 0 saturated carbocycles. The van der Waals surface area contributed by atoms with Crippen molar-refractivity contribution in [3.05, 3.63) is 101 Å². The van der Waals surface area contributed by atoms with Crippen LogP contribution in [0.2, 0.25) is 0 Å². The highest BCUT2D eigenvalue weighted by Gasteiger charge is 2.19. The van der Waals surface area contributed by atoms with Gasteiger partial charge in [0.1, 0.15) is 5.82 Å². The van der Waals surface area contributed by atoms with Crippen LogP contribution in [0.15, 0.2) is 77.7 Å². The molecule has 5 nitrogen and oxygen atoms in total. The molecule has 3 rings (SSSR count). The molecular formula is C23H23FN2O3S. The Morgan fingerprint density at radius 2 is 1.63 bits per heavy atom. The van der Waals surface area contributed by atoms with Crippen LogP contribution in [0.1, 0.15) is 27.0 Å². The van der Waals surface area contributed by atoms with E-state index in [1.165, 1.54) is 18.2 Å². The Labute approximate surface area is 176 Å². The summed E-state index contributed by atoms with van der Waals surface area (Å²) in [5.41, 5.74) is 2.56. The Morgan fingerprint density at radius 3 is 2.33 bits per heavy atom. The fraction of sp³-hybridized carbons (Fsp3) is 0.174. The number of amides is 1. The molecule has 0 unspecified atom stereocenters. The molecule has 0 aliphatic heterocycles. The minimum absolute atomic E-state index is 0.0737. The molecule has 2 N–H and O–H groups in total. The number of hydrogen-bond acceptors (Lipinski definition) is 3. The average Bonchev–Trinajstić information content (AvgIpc) is 2.74. The van der Waals surface area contributed by atoms with Crippen LogP contribution in [0.5, 0.6) is 0 Å². The molecule has 0 radical (unpaired) electrons. The minimum Gasteiger partial charge on any atom is -0.352 e. The monoisotopic (exact) mass is 426 g/mol. The fourth-order valence-corrected chi connectivity index (χ4v) is 4.24. The van der Waals surface area contributed by atoms with Crippen molar-refractivity contribution in [1.29, 1.82) is 0 Å². The number of sulfonamides is 1. The van der Waals surface area contributed by atoms with E-state index >= 15 is 0 Å². The van der Waals surface area contributed by atoms with E-state index in [2.05, 4.69) is 10.0 Å².